The van der Waals surface area contributed by atoms with Crippen LogP contribution < -0.4 is 15.3 Å². The first-order chi connectivity index (χ1) is 5.20. The molecule has 0 aromatic rings. The fourth-order valence-corrected chi connectivity index (χ4v) is 0. The van der Waals surface area contributed by atoms with Crippen LogP contribution in [-0.2, 0) is 14.4 Å². The summed E-state index contributed by atoms with van der Waals surface area (Å²) in [6.45, 7) is 2.92. The molecule has 0 bridgehead atoms. The van der Waals surface area contributed by atoms with Crippen LogP contribution in [0, 0.1) is 0 Å². The van der Waals surface area contributed by atoms with Gasteiger partial charge in [-0.15, -0.1) is 0 Å². The van der Waals surface area contributed by atoms with Gasteiger partial charge in [-0.3, -0.25) is 0 Å². The molecule has 0 saturated carbocycles. The van der Waals surface area contributed by atoms with Gasteiger partial charge < -0.3 is 29.7 Å². The molecule has 0 aromatic heterocycles. The van der Waals surface area contributed by atoms with Crippen LogP contribution >= 0.6 is 0 Å². The third-order valence-corrected chi connectivity index (χ3v) is 0. The maximum absolute atomic E-state index is 8.89. The molecule has 0 fully saturated rings. The summed E-state index contributed by atoms with van der Waals surface area (Å²) in [6, 6.07) is 0. The Morgan fingerprint density at radius 2 is 0.769 bits per heavy atom. The van der Waals surface area contributed by atoms with Gasteiger partial charge in [0.25, 0.3) is 0 Å². The van der Waals surface area contributed by atoms with Crippen LogP contribution in [0.3, 0.4) is 0 Å². The molecular formula is C6H21O6Sb. The molecule has 0 unspecified atom stereocenters. The molecule has 0 saturated heterocycles. The van der Waals surface area contributed by atoms with E-state index in [2.05, 4.69) is 0 Å². The quantitative estimate of drug-likeness (QED) is 0.451. The van der Waals surface area contributed by atoms with Crippen molar-refractivity contribution in [3.8, 4) is 0 Å². The van der Waals surface area contributed by atoms with Crippen LogP contribution in [0.25, 0.3) is 0 Å². The van der Waals surface area contributed by atoms with Crippen molar-refractivity contribution in [3.05, 3.63) is 0 Å². The maximum Gasteiger partial charge on any atom is 3.00 e. The van der Waals surface area contributed by atoms with Gasteiger partial charge in [-0.05, 0) is 20.8 Å². The Bertz CT molecular complexity index is 132. The Morgan fingerprint density at radius 1 is 0.769 bits per heavy atom. The summed E-state index contributed by atoms with van der Waals surface area (Å²) < 4.78 is 0. The van der Waals surface area contributed by atoms with Gasteiger partial charge in [0.15, 0.2) is 0 Å². The summed E-state index contributed by atoms with van der Waals surface area (Å²) in [5, 5.41) is 26.7. The number of hydrogen-bond donors (Lipinski definition) is 0. The standard InChI is InChI=1S/3C2H4O2.Sb.6H2/c3*1-2(3)4;;;;;;;/h3*1H3,(H,3,4);;6*1H/q;;;+3;;;;;;/p-3. The van der Waals surface area contributed by atoms with Gasteiger partial charge in [-0.2, -0.15) is 0 Å². The molecule has 0 spiro atoms. The molecular weight excluding hydrogens is 290 g/mol. The van der Waals surface area contributed by atoms with E-state index in [-0.39, 0.29) is 33.0 Å². The number of carboxylic acids is 3. The summed E-state index contributed by atoms with van der Waals surface area (Å²) in [5.74, 6) is -3.25. The number of carbonyl (C=O) groups excluding carboxylic acids is 3. The normalized spacial score (nSPS) is 5.77. The Morgan fingerprint density at radius 3 is 0.769 bits per heavy atom. The molecule has 0 aliphatic rings. The Labute approximate surface area is 102 Å². The molecule has 86 valence electrons. The van der Waals surface area contributed by atoms with E-state index in [0.717, 1.165) is 20.8 Å². The van der Waals surface area contributed by atoms with Crippen molar-refractivity contribution in [3.63, 3.8) is 0 Å². The van der Waals surface area contributed by atoms with Gasteiger partial charge in [0.2, 0.25) is 0 Å². The van der Waals surface area contributed by atoms with Gasteiger partial charge in [0.05, 0.1) is 0 Å². The molecule has 0 aromatic carbocycles. The number of hydrogen-bond acceptors (Lipinski definition) is 6. The first-order valence-electron chi connectivity index (χ1n) is 2.72. The predicted molar refractivity (Wildman–Crippen MR) is 50.5 cm³/mol. The average Bonchev–Trinajstić information content (AvgIpc) is 1.54. The molecule has 0 N–H and O–H groups in total. The molecule has 7 heteroatoms. The minimum absolute atomic E-state index is 0. The minimum atomic E-state index is -1.08. The summed E-state index contributed by atoms with van der Waals surface area (Å²) in [6.07, 6.45) is 0. The monoisotopic (exact) mass is 310 g/mol. The second-order valence-corrected chi connectivity index (χ2v) is 1.47. The fraction of sp³-hybridized carbons (Fsp3) is 0.500. The molecule has 6 nitrogen and oxygen atoms in total. The summed E-state index contributed by atoms with van der Waals surface area (Å²) >= 11 is 0. The first kappa shape index (κ1) is 22.8. The van der Waals surface area contributed by atoms with Crippen LogP contribution in [0.4, 0.5) is 0 Å². The van der Waals surface area contributed by atoms with Crippen molar-refractivity contribution in [1.82, 2.24) is 0 Å². The van der Waals surface area contributed by atoms with Crippen molar-refractivity contribution in [2.45, 2.75) is 20.8 Å². The first-order valence-corrected chi connectivity index (χ1v) is 2.72. The minimum Gasteiger partial charge on any atom is -0.550 e. The third-order valence-electron chi connectivity index (χ3n) is 0. The topological polar surface area (TPSA) is 120 Å². The van der Waals surface area contributed by atoms with Gasteiger partial charge >= 0.3 is 24.4 Å². The molecule has 0 aliphatic carbocycles. The zero-order valence-corrected chi connectivity index (χ0v) is 9.95. The van der Waals surface area contributed by atoms with Crippen LogP contribution in [-0.4, -0.2) is 42.3 Å². The van der Waals surface area contributed by atoms with E-state index < -0.39 is 17.9 Å². The summed E-state index contributed by atoms with van der Waals surface area (Å²) in [7, 11) is 0. The van der Waals surface area contributed by atoms with Gasteiger partial charge in [0, 0.05) is 26.5 Å². The van der Waals surface area contributed by atoms with Crippen LogP contribution in [0.2, 0.25) is 0 Å². The average molecular weight is 311 g/mol. The Balaban J connectivity index is -0.00000000675. The van der Waals surface area contributed by atoms with E-state index in [1.807, 2.05) is 0 Å². The number of carboxylic acid groups (broad SMARTS) is 3. The van der Waals surface area contributed by atoms with Crippen molar-refractivity contribution >= 4 is 42.3 Å². The number of aliphatic carboxylic acids is 3. The molecule has 0 amide bonds. The predicted octanol–water partition coefficient (Wildman–Crippen LogP) is -2.64. The summed E-state index contributed by atoms with van der Waals surface area (Å²) in [5.41, 5.74) is 0. The van der Waals surface area contributed by atoms with Crippen LogP contribution in [0.15, 0.2) is 0 Å². The molecule has 0 aliphatic heterocycles. The smallest absolute Gasteiger partial charge is 0.550 e. The van der Waals surface area contributed by atoms with E-state index in [9.17, 15) is 0 Å². The zero-order chi connectivity index (χ0) is 10.7. The van der Waals surface area contributed by atoms with E-state index in [0.29, 0.717) is 0 Å². The van der Waals surface area contributed by atoms with Crippen molar-refractivity contribution in [2.75, 3.05) is 0 Å². The van der Waals surface area contributed by atoms with E-state index in [1.165, 1.54) is 0 Å². The van der Waals surface area contributed by atoms with Gasteiger partial charge in [-0.1, -0.05) is 0 Å². The van der Waals surface area contributed by atoms with Crippen molar-refractivity contribution in [1.29, 1.82) is 0 Å². The van der Waals surface area contributed by atoms with Crippen LogP contribution in [0.1, 0.15) is 29.3 Å². The van der Waals surface area contributed by atoms with Gasteiger partial charge in [0.1, 0.15) is 0 Å². The Hall–Kier alpha value is -0.772. The SMILES string of the molecule is CC(=O)[O-].CC(=O)[O-].CC(=O)[O-].[HH].[HH].[HH].[HH].[HH].[HH].[Sb+3]. The Kier molecular flexibility index (Phi) is 30.4. The fourth-order valence-electron chi connectivity index (χ4n) is 0. The molecule has 0 rings (SSSR count). The molecule has 0 atom stereocenters. The second-order valence-electron chi connectivity index (χ2n) is 1.47. The summed E-state index contributed by atoms with van der Waals surface area (Å²) in [4.78, 5) is 26.7. The molecule has 2 radical (unpaired) electrons. The maximum atomic E-state index is 8.89. The van der Waals surface area contributed by atoms with Gasteiger partial charge in [-0.25, -0.2) is 0 Å². The zero-order valence-electron chi connectivity index (χ0n) is 7.40. The third kappa shape index (κ3) is 1610. The largest absolute Gasteiger partial charge is 3.00 e. The molecule has 13 heavy (non-hydrogen) atoms. The van der Waals surface area contributed by atoms with E-state index in [1.54, 1.807) is 0 Å². The second kappa shape index (κ2) is 17.3. The van der Waals surface area contributed by atoms with Crippen molar-refractivity contribution < 1.29 is 38.3 Å². The van der Waals surface area contributed by atoms with E-state index >= 15 is 0 Å². The number of rotatable bonds is 0. The molecule has 0 heterocycles. The van der Waals surface area contributed by atoms with E-state index in [4.69, 9.17) is 29.7 Å². The van der Waals surface area contributed by atoms with Crippen LogP contribution in [0.5, 0.6) is 0 Å². The van der Waals surface area contributed by atoms with Crippen molar-refractivity contribution in [2.24, 2.45) is 0 Å². The number of carbonyl (C=O) groups is 3.